The van der Waals surface area contributed by atoms with Gasteiger partial charge in [0, 0.05) is 22.7 Å². The average molecular weight is 261 g/mol. The van der Waals surface area contributed by atoms with Crippen LogP contribution in [0.15, 0.2) is 18.2 Å². The van der Waals surface area contributed by atoms with Crippen LogP contribution in [0.5, 0.6) is 0 Å². The molecule has 0 atom stereocenters. The van der Waals surface area contributed by atoms with Crippen molar-refractivity contribution in [3.63, 3.8) is 0 Å². The molecule has 0 aliphatic heterocycles. The fourth-order valence-electron chi connectivity index (χ4n) is 1.24. The molecule has 0 saturated carbocycles. The maximum Gasteiger partial charge on any atom is 0.237 e. The van der Waals surface area contributed by atoms with Crippen LogP contribution in [0, 0.1) is 0 Å². The van der Waals surface area contributed by atoms with Crippen LogP contribution in [-0.4, -0.2) is 18.4 Å². The molecule has 1 aromatic rings. The van der Waals surface area contributed by atoms with E-state index < -0.39 is 5.91 Å². The van der Waals surface area contributed by atoms with Gasteiger partial charge in [-0.15, -0.1) is 0 Å². The summed E-state index contributed by atoms with van der Waals surface area (Å²) >= 11 is 11.6. The number of halogens is 2. The van der Waals surface area contributed by atoms with E-state index in [1.165, 1.54) is 30.0 Å². The summed E-state index contributed by atoms with van der Waals surface area (Å²) in [5, 5.41) is 0.774. The van der Waals surface area contributed by atoms with Crippen LogP contribution in [0.1, 0.15) is 6.92 Å². The van der Waals surface area contributed by atoms with E-state index in [-0.39, 0.29) is 12.5 Å². The van der Waals surface area contributed by atoms with Crippen LogP contribution < -0.4 is 10.6 Å². The lowest BCUT2D eigenvalue weighted by atomic mass is 10.2. The highest BCUT2D eigenvalue weighted by atomic mass is 35.5. The Morgan fingerprint density at radius 2 is 1.75 bits per heavy atom. The summed E-state index contributed by atoms with van der Waals surface area (Å²) in [5.41, 5.74) is 5.49. The SMILES string of the molecule is CC(=O)N(CC(N)=O)c1cc(Cl)cc(Cl)c1. The standard InChI is InChI=1S/C10H10Cl2N2O2/c1-6(15)14(5-10(13)16)9-3-7(11)2-8(12)4-9/h2-4H,5H2,1H3,(H2,13,16). The first-order valence-electron chi connectivity index (χ1n) is 4.42. The molecule has 0 bridgehead atoms. The van der Waals surface area contributed by atoms with Crippen molar-refractivity contribution in [2.24, 2.45) is 5.73 Å². The zero-order valence-electron chi connectivity index (χ0n) is 8.54. The quantitative estimate of drug-likeness (QED) is 0.902. The highest BCUT2D eigenvalue weighted by Crippen LogP contribution is 2.25. The molecule has 0 unspecified atom stereocenters. The lowest BCUT2D eigenvalue weighted by Crippen LogP contribution is -2.37. The van der Waals surface area contributed by atoms with E-state index in [0.29, 0.717) is 15.7 Å². The number of carbonyl (C=O) groups is 2. The third-order valence-corrected chi connectivity index (χ3v) is 2.29. The van der Waals surface area contributed by atoms with E-state index in [1.807, 2.05) is 0 Å². The second-order valence-corrected chi connectivity index (χ2v) is 4.07. The van der Waals surface area contributed by atoms with Crippen molar-refractivity contribution in [3.8, 4) is 0 Å². The van der Waals surface area contributed by atoms with E-state index in [1.54, 1.807) is 0 Å². The Morgan fingerprint density at radius 1 is 1.25 bits per heavy atom. The molecule has 4 nitrogen and oxygen atoms in total. The van der Waals surface area contributed by atoms with Crippen molar-refractivity contribution in [3.05, 3.63) is 28.2 Å². The Labute approximate surface area is 103 Å². The second-order valence-electron chi connectivity index (χ2n) is 3.20. The van der Waals surface area contributed by atoms with Gasteiger partial charge in [0.1, 0.15) is 6.54 Å². The average Bonchev–Trinajstić information content (AvgIpc) is 2.11. The molecule has 0 saturated heterocycles. The Morgan fingerprint density at radius 3 is 2.12 bits per heavy atom. The molecule has 0 heterocycles. The van der Waals surface area contributed by atoms with E-state index in [9.17, 15) is 9.59 Å². The van der Waals surface area contributed by atoms with Gasteiger partial charge in [-0.1, -0.05) is 23.2 Å². The summed E-state index contributed by atoms with van der Waals surface area (Å²) in [6.07, 6.45) is 0. The number of rotatable bonds is 3. The molecule has 86 valence electrons. The summed E-state index contributed by atoms with van der Waals surface area (Å²) in [5.74, 6) is -0.913. The van der Waals surface area contributed by atoms with Crippen LogP contribution >= 0.6 is 23.2 Å². The minimum absolute atomic E-state index is 0.202. The van der Waals surface area contributed by atoms with Gasteiger partial charge >= 0.3 is 0 Å². The van der Waals surface area contributed by atoms with Gasteiger partial charge in [-0.3, -0.25) is 9.59 Å². The lowest BCUT2D eigenvalue weighted by molar-refractivity contribution is -0.121. The molecule has 1 rings (SSSR count). The number of nitrogens with two attached hydrogens (primary N) is 1. The smallest absolute Gasteiger partial charge is 0.237 e. The first-order valence-corrected chi connectivity index (χ1v) is 5.18. The molecule has 0 aliphatic carbocycles. The van der Waals surface area contributed by atoms with Crippen molar-refractivity contribution in [1.82, 2.24) is 0 Å². The number of hydrogen-bond donors (Lipinski definition) is 1. The van der Waals surface area contributed by atoms with Gasteiger partial charge in [0.05, 0.1) is 0 Å². The van der Waals surface area contributed by atoms with Crippen molar-refractivity contribution in [1.29, 1.82) is 0 Å². The Kier molecular flexibility index (Phi) is 4.15. The predicted octanol–water partition coefficient (Wildman–Crippen LogP) is 1.83. The molecule has 16 heavy (non-hydrogen) atoms. The van der Waals surface area contributed by atoms with Gasteiger partial charge in [-0.05, 0) is 18.2 Å². The van der Waals surface area contributed by atoms with E-state index >= 15 is 0 Å². The highest BCUT2D eigenvalue weighted by molar-refractivity contribution is 6.35. The maximum atomic E-state index is 11.3. The Balaban J connectivity index is 3.10. The number of primary amides is 1. The summed E-state index contributed by atoms with van der Waals surface area (Å²) in [6, 6.07) is 4.62. The predicted molar refractivity (Wildman–Crippen MR) is 63.7 cm³/mol. The van der Waals surface area contributed by atoms with Gasteiger partial charge in [0.25, 0.3) is 0 Å². The largest absolute Gasteiger partial charge is 0.368 e. The minimum atomic E-state index is -0.605. The summed E-state index contributed by atoms with van der Waals surface area (Å²) in [7, 11) is 0. The van der Waals surface area contributed by atoms with Gasteiger partial charge in [-0.25, -0.2) is 0 Å². The molecular weight excluding hydrogens is 251 g/mol. The van der Waals surface area contributed by atoms with Crippen molar-refractivity contribution in [2.75, 3.05) is 11.4 Å². The zero-order valence-corrected chi connectivity index (χ0v) is 10.0. The second kappa shape index (κ2) is 5.18. The van der Waals surface area contributed by atoms with Gasteiger partial charge in [-0.2, -0.15) is 0 Å². The molecule has 0 aliphatic rings. The monoisotopic (exact) mass is 260 g/mol. The van der Waals surface area contributed by atoms with E-state index in [2.05, 4.69) is 0 Å². The van der Waals surface area contributed by atoms with Crippen LogP contribution in [-0.2, 0) is 9.59 Å². The topological polar surface area (TPSA) is 63.4 Å². The lowest BCUT2D eigenvalue weighted by Gasteiger charge is -2.19. The molecule has 0 aromatic heterocycles. The van der Waals surface area contributed by atoms with Crippen molar-refractivity contribution >= 4 is 40.7 Å². The first-order chi connectivity index (χ1) is 7.40. The third kappa shape index (κ3) is 3.40. The number of carbonyl (C=O) groups excluding carboxylic acids is 2. The number of benzene rings is 1. The van der Waals surface area contributed by atoms with Crippen molar-refractivity contribution in [2.45, 2.75) is 6.92 Å². The molecule has 6 heteroatoms. The molecule has 0 spiro atoms. The molecule has 1 aromatic carbocycles. The molecule has 0 fully saturated rings. The number of anilines is 1. The Hall–Kier alpha value is -1.26. The maximum absolute atomic E-state index is 11.3. The summed E-state index contributed by atoms with van der Waals surface area (Å²) in [4.78, 5) is 23.4. The van der Waals surface area contributed by atoms with Crippen LogP contribution in [0.4, 0.5) is 5.69 Å². The summed E-state index contributed by atoms with van der Waals surface area (Å²) < 4.78 is 0. The van der Waals surface area contributed by atoms with E-state index in [4.69, 9.17) is 28.9 Å². The van der Waals surface area contributed by atoms with E-state index in [0.717, 1.165) is 0 Å². The zero-order chi connectivity index (χ0) is 12.3. The normalized spacial score (nSPS) is 9.94. The van der Waals surface area contributed by atoms with Gasteiger partial charge in [0.2, 0.25) is 11.8 Å². The summed E-state index contributed by atoms with van der Waals surface area (Å²) in [6.45, 7) is 1.13. The minimum Gasteiger partial charge on any atom is -0.368 e. The molecule has 2 amide bonds. The van der Waals surface area contributed by atoms with Gasteiger partial charge in [0.15, 0.2) is 0 Å². The number of nitrogens with zero attached hydrogens (tertiary/aromatic N) is 1. The van der Waals surface area contributed by atoms with Crippen LogP contribution in [0.25, 0.3) is 0 Å². The fraction of sp³-hybridized carbons (Fsp3) is 0.200. The van der Waals surface area contributed by atoms with Crippen molar-refractivity contribution < 1.29 is 9.59 Å². The Bertz CT molecular complexity index is 415. The molecule has 0 radical (unpaired) electrons. The molecule has 2 N–H and O–H groups in total. The first kappa shape index (κ1) is 12.8. The third-order valence-electron chi connectivity index (χ3n) is 1.85. The van der Waals surface area contributed by atoms with Gasteiger partial charge < -0.3 is 10.6 Å². The molecular formula is C10H10Cl2N2O2. The van der Waals surface area contributed by atoms with Crippen LogP contribution in [0.3, 0.4) is 0 Å². The fourth-order valence-corrected chi connectivity index (χ4v) is 1.75. The number of amides is 2. The number of hydrogen-bond acceptors (Lipinski definition) is 2. The van der Waals surface area contributed by atoms with Crippen LogP contribution in [0.2, 0.25) is 10.0 Å². The highest BCUT2D eigenvalue weighted by Gasteiger charge is 2.14.